The van der Waals surface area contributed by atoms with Crippen LogP contribution in [0.2, 0.25) is 0 Å². The van der Waals surface area contributed by atoms with Crippen LogP contribution in [0.4, 0.5) is 5.82 Å². The molecule has 1 N–H and O–H groups in total. The molecular formula is C18H17N7O. The summed E-state index contributed by atoms with van der Waals surface area (Å²) in [6.45, 7) is 1.62. The Bertz CT molecular complexity index is 990. The maximum absolute atomic E-state index is 12.2. The van der Waals surface area contributed by atoms with Crippen LogP contribution in [0, 0.1) is 11.3 Å². The number of benzene rings is 1. The summed E-state index contributed by atoms with van der Waals surface area (Å²) in [5.74, 6) is 0.848. The van der Waals surface area contributed by atoms with Crippen molar-refractivity contribution in [2.45, 2.75) is 19.0 Å². The molecule has 0 unspecified atom stereocenters. The van der Waals surface area contributed by atoms with Crippen molar-refractivity contribution in [3.63, 3.8) is 0 Å². The van der Waals surface area contributed by atoms with Crippen molar-refractivity contribution in [1.29, 1.82) is 5.26 Å². The third-order valence-electron chi connectivity index (χ3n) is 4.44. The Labute approximate surface area is 150 Å². The number of anilines is 1. The molecule has 3 aromatic rings. The number of hydrogen-bond acceptors (Lipinski definition) is 6. The molecule has 1 aliphatic rings. The number of pyridine rings is 1. The Morgan fingerprint density at radius 1 is 1.31 bits per heavy atom. The van der Waals surface area contributed by atoms with E-state index in [1.165, 1.54) is 11.0 Å². The van der Waals surface area contributed by atoms with Crippen LogP contribution in [-0.2, 0) is 11.3 Å². The Hall–Kier alpha value is -3.47. The van der Waals surface area contributed by atoms with Crippen LogP contribution in [0.25, 0.3) is 10.8 Å². The highest BCUT2D eigenvalue weighted by molar-refractivity contribution is 5.84. The van der Waals surface area contributed by atoms with Crippen LogP contribution in [-0.4, -0.2) is 44.8 Å². The van der Waals surface area contributed by atoms with Gasteiger partial charge in [0.1, 0.15) is 24.8 Å². The number of rotatable bonds is 4. The fraction of sp³-hybridized carbons (Fsp3) is 0.278. The van der Waals surface area contributed by atoms with Crippen molar-refractivity contribution in [1.82, 2.24) is 25.1 Å². The first-order valence-electron chi connectivity index (χ1n) is 8.40. The van der Waals surface area contributed by atoms with Crippen LogP contribution < -0.4 is 10.2 Å². The number of nitriles is 1. The van der Waals surface area contributed by atoms with E-state index in [0.29, 0.717) is 0 Å². The third-order valence-corrected chi connectivity index (χ3v) is 4.44. The standard InChI is InChI=1S/C18H17N7O/c19-8-16-21-12-25(23-16)11-18(26)22-15-5-6-24(10-15)17-7-13-3-1-2-4-14(13)9-20-17/h1-4,7,9,12,15H,5-6,10-11H2,(H,22,26)/t15-/m0/s1. The minimum atomic E-state index is -0.141. The lowest BCUT2D eigenvalue weighted by Crippen LogP contribution is -2.39. The predicted octanol–water partition coefficient (Wildman–Crippen LogP) is 1.09. The zero-order valence-corrected chi connectivity index (χ0v) is 14.0. The maximum Gasteiger partial charge on any atom is 0.252 e. The second-order valence-electron chi connectivity index (χ2n) is 6.27. The molecule has 0 bridgehead atoms. The highest BCUT2D eigenvalue weighted by atomic mass is 16.2. The molecule has 1 atom stereocenters. The maximum atomic E-state index is 12.2. The average molecular weight is 347 g/mol. The van der Waals surface area contributed by atoms with Crippen LogP contribution >= 0.6 is 0 Å². The zero-order chi connectivity index (χ0) is 17.9. The summed E-state index contributed by atoms with van der Waals surface area (Å²) >= 11 is 0. The lowest BCUT2D eigenvalue weighted by atomic mass is 10.2. The van der Waals surface area contributed by atoms with E-state index in [2.05, 4.69) is 37.4 Å². The largest absolute Gasteiger partial charge is 0.354 e. The summed E-state index contributed by atoms with van der Waals surface area (Å²) in [5, 5.41) is 17.9. The van der Waals surface area contributed by atoms with Gasteiger partial charge < -0.3 is 10.2 Å². The van der Waals surface area contributed by atoms with Crippen molar-refractivity contribution >= 4 is 22.5 Å². The van der Waals surface area contributed by atoms with E-state index >= 15 is 0 Å². The zero-order valence-electron chi connectivity index (χ0n) is 14.0. The number of aromatic nitrogens is 4. The molecule has 1 aromatic carbocycles. The van der Waals surface area contributed by atoms with Crippen LogP contribution in [0.1, 0.15) is 12.2 Å². The molecule has 26 heavy (non-hydrogen) atoms. The first kappa shape index (κ1) is 16.0. The Balaban J connectivity index is 1.36. The summed E-state index contributed by atoms with van der Waals surface area (Å²) in [7, 11) is 0. The topological polar surface area (TPSA) is 99.7 Å². The molecule has 1 fully saturated rings. The molecule has 0 aliphatic carbocycles. The van der Waals surface area contributed by atoms with E-state index in [4.69, 9.17) is 5.26 Å². The SMILES string of the molecule is N#Cc1ncn(CC(=O)N[C@H]2CCN(c3cc4ccccc4cn3)C2)n1. The smallest absolute Gasteiger partial charge is 0.252 e. The van der Waals surface area contributed by atoms with Crippen molar-refractivity contribution < 1.29 is 4.79 Å². The van der Waals surface area contributed by atoms with Gasteiger partial charge in [0.25, 0.3) is 5.82 Å². The van der Waals surface area contributed by atoms with E-state index in [1.807, 2.05) is 30.5 Å². The molecule has 0 radical (unpaired) electrons. The molecule has 8 heteroatoms. The number of carbonyl (C=O) groups is 1. The van der Waals surface area contributed by atoms with Gasteiger partial charge in [-0.15, -0.1) is 5.10 Å². The van der Waals surface area contributed by atoms with Crippen molar-refractivity contribution in [2.24, 2.45) is 0 Å². The molecule has 4 rings (SSSR count). The van der Waals surface area contributed by atoms with Gasteiger partial charge in [-0.1, -0.05) is 24.3 Å². The first-order chi connectivity index (χ1) is 12.7. The minimum absolute atomic E-state index is 0.0550. The van der Waals surface area contributed by atoms with Gasteiger partial charge in [0.2, 0.25) is 5.91 Å². The van der Waals surface area contributed by atoms with Gasteiger partial charge in [-0.25, -0.2) is 14.6 Å². The molecule has 1 aliphatic heterocycles. The summed E-state index contributed by atoms with van der Waals surface area (Å²) in [6.07, 6.45) is 4.13. The van der Waals surface area contributed by atoms with Gasteiger partial charge in [-0.05, 0) is 17.9 Å². The van der Waals surface area contributed by atoms with E-state index in [9.17, 15) is 4.79 Å². The van der Waals surface area contributed by atoms with Crippen molar-refractivity contribution in [2.75, 3.05) is 18.0 Å². The molecule has 0 spiro atoms. The third kappa shape index (κ3) is 3.32. The fourth-order valence-electron chi connectivity index (χ4n) is 3.17. The average Bonchev–Trinajstić information content (AvgIpc) is 3.30. The molecule has 3 heterocycles. The van der Waals surface area contributed by atoms with E-state index in [1.54, 1.807) is 0 Å². The minimum Gasteiger partial charge on any atom is -0.354 e. The summed E-state index contributed by atoms with van der Waals surface area (Å²) in [5.41, 5.74) is 0. The first-order valence-corrected chi connectivity index (χ1v) is 8.40. The number of amides is 1. The lowest BCUT2D eigenvalue weighted by molar-refractivity contribution is -0.122. The van der Waals surface area contributed by atoms with Crippen LogP contribution in [0.15, 0.2) is 42.9 Å². The lowest BCUT2D eigenvalue weighted by Gasteiger charge is -2.18. The van der Waals surface area contributed by atoms with Crippen molar-refractivity contribution in [3.8, 4) is 6.07 Å². The molecule has 2 aromatic heterocycles. The summed E-state index contributed by atoms with van der Waals surface area (Å²) < 4.78 is 1.37. The number of nitrogens with one attached hydrogen (secondary N) is 1. The van der Waals surface area contributed by atoms with E-state index in [-0.39, 0.29) is 24.3 Å². The monoisotopic (exact) mass is 347 g/mol. The fourth-order valence-corrected chi connectivity index (χ4v) is 3.17. The number of fused-ring (bicyclic) bond motifs is 1. The van der Waals surface area contributed by atoms with Crippen LogP contribution in [0.3, 0.4) is 0 Å². The second-order valence-corrected chi connectivity index (χ2v) is 6.27. The molecule has 1 amide bonds. The van der Waals surface area contributed by atoms with Gasteiger partial charge in [0, 0.05) is 30.7 Å². The van der Waals surface area contributed by atoms with E-state index < -0.39 is 0 Å². The Morgan fingerprint density at radius 2 is 2.15 bits per heavy atom. The Morgan fingerprint density at radius 3 is 2.96 bits per heavy atom. The molecule has 0 saturated carbocycles. The molecule has 1 saturated heterocycles. The highest BCUT2D eigenvalue weighted by Gasteiger charge is 2.25. The predicted molar refractivity (Wildman–Crippen MR) is 95.2 cm³/mol. The number of nitrogens with zero attached hydrogens (tertiary/aromatic N) is 6. The van der Waals surface area contributed by atoms with Gasteiger partial charge in [0.05, 0.1) is 0 Å². The van der Waals surface area contributed by atoms with E-state index in [0.717, 1.165) is 36.1 Å². The molecular weight excluding hydrogens is 330 g/mol. The second kappa shape index (κ2) is 6.80. The number of hydrogen-bond donors (Lipinski definition) is 1. The summed E-state index contributed by atoms with van der Waals surface area (Å²) in [6, 6.07) is 12.1. The highest BCUT2D eigenvalue weighted by Crippen LogP contribution is 2.22. The normalized spacial score (nSPS) is 16.6. The van der Waals surface area contributed by atoms with Gasteiger partial charge >= 0.3 is 0 Å². The van der Waals surface area contributed by atoms with Crippen LogP contribution in [0.5, 0.6) is 0 Å². The number of carbonyl (C=O) groups excluding carboxylic acids is 1. The Kier molecular flexibility index (Phi) is 4.19. The van der Waals surface area contributed by atoms with Crippen molar-refractivity contribution in [3.05, 3.63) is 48.7 Å². The summed E-state index contributed by atoms with van der Waals surface area (Å²) in [4.78, 5) is 22.7. The molecule has 8 nitrogen and oxygen atoms in total. The quantitative estimate of drug-likeness (QED) is 0.758. The van der Waals surface area contributed by atoms with Gasteiger partial charge in [-0.3, -0.25) is 4.79 Å². The molecule has 130 valence electrons. The van der Waals surface area contributed by atoms with Gasteiger partial charge in [-0.2, -0.15) is 5.26 Å². The van der Waals surface area contributed by atoms with Gasteiger partial charge in [0.15, 0.2) is 0 Å².